The summed E-state index contributed by atoms with van der Waals surface area (Å²) in [5.41, 5.74) is 8.14. The second-order valence-corrected chi connectivity index (χ2v) is 7.86. The predicted molar refractivity (Wildman–Crippen MR) is 113 cm³/mol. The van der Waals surface area contributed by atoms with Gasteiger partial charge in [-0.2, -0.15) is 10.2 Å². The van der Waals surface area contributed by atoms with Crippen molar-refractivity contribution in [1.82, 2.24) is 15.2 Å². The molecule has 0 aliphatic heterocycles. The zero-order valence-corrected chi connectivity index (χ0v) is 17.0. The average molecular weight is 374 g/mol. The van der Waals surface area contributed by atoms with Gasteiger partial charge in [0.15, 0.2) is 0 Å². The number of carbonyl (C=O) groups excluding carboxylic acids is 1. The highest BCUT2D eigenvalue weighted by Crippen LogP contribution is 2.22. The van der Waals surface area contributed by atoms with Crippen LogP contribution in [0, 0.1) is 13.8 Å². The van der Waals surface area contributed by atoms with Crippen LogP contribution in [-0.4, -0.2) is 21.9 Å². The van der Waals surface area contributed by atoms with Crippen LogP contribution < -0.4 is 5.43 Å². The lowest BCUT2D eigenvalue weighted by Gasteiger charge is -2.18. The summed E-state index contributed by atoms with van der Waals surface area (Å²) in [4.78, 5) is 12.3. The molecule has 1 heterocycles. The van der Waals surface area contributed by atoms with Gasteiger partial charge in [-0.15, -0.1) is 0 Å². The van der Waals surface area contributed by atoms with Crippen molar-refractivity contribution in [1.29, 1.82) is 0 Å². The van der Waals surface area contributed by atoms with Crippen LogP contribution in [0.2, 0.25) is 0 Å². The molecule has 0 atom stereocenters. The maximum atomic E-state index is 12.3. The van der Waals surface area contributed by atoms with Crippen LogP contribution in [0.4, 0.5) is 0 Å². The molecule has 28 heavy (non-hydrogen) atoms. The third-order valence-corrected chi connectivity index (χ3v) is 4.72. The maximum Gasteiger partial charge on any atom is 0.271 e. The van der Waals surface area contributed by atoms with E-state index in [9.17, 15) is 4.79 Å². The van der Waals surface area contributed by atoms with Crippen molar-refractivity contribution in [3.63, 3.8) is 0 Å². The molecule has 5 nitrogen and oxygen atoms in total. The number of nitrogens with zero attached hydrogens (tertiary/aromatic N) is 3. The van der Waals surface area contributed by atoms with Crippen molar-refractivity contribution in [2.75, 3.05) is 0 Å². The Bertz CT molecular complexity index is 994. The molecular weight excluding hydrogens is 348 g/mol. The van der Waals surface area contributed by atoms with Gasteiger partial charge < -0.3 is 0 Å². The molecule has 0 fully saturated rings. The van der Waals surface area contributed by atoms with Gasteiger partial charge in [-0.1, -0.05) is 51.1 Å². The number of benzene rings is 2. The summed E-state index contributed by atoms with van der Waals surface area (Å²) >= 11 is 0. The zero-order valence-electron chi connectivity index (χ0n) is 17.0. The van der Waals surface area contributed by atoms with Crippen molar-refractivity contribution in [2.24, 2.45) is 5.10 Å². The summed E-state index contributed by atoms with van der Waals surface area (Å²) in [5, 5.41) is 8.72. The second kappa shape index (κ2) is 7.80. The number of hydrogen-bond acceptors (Lipinski definition) is 3. The molecule has 1 amide bonds. The molecule has 1 aromatic heterocycles. The standard InChI is InChI=1S/C23H26N4O/c1-16-21(17(2)27(26-16)20-9-7-6-8-10-20)15-24-25-22(28)18-11-13-19(14-12-18)23(3,4)5/h6-15H,1-5H3,(H,25,28)/b24-15-. The Morgan fingerprint density at radius 1 is 1.04 bits per heavy atom. The van der Waals surface area contributed by atoms with Gasteiger partial charge in [0.1, 0.15) is 0 Å². The van der Waals surface area contributed by atoms with Gasteiger partial charge in [-0.25, -0.2) is 10.1 Å². The lowest BCUT2D eigenvalue weighted by Crippen LogP contribution is -2.18. The Kier molecular flexibility index (Phi) is 5.45. The average Bonchev–Trinajstić information content (AvgIpc) is 2.96. The van der Waals surface area contributed by atoms with E-state index in [-0.39, 0.29) is 11.3 Å². The van der Waals surface area contributed by atoms with E-state index in [0.29, 0.717) is 5.56 Å². The molecule has 0 saturated carbocycles. The number of rotatable bonds is 4. The molecule has 2 aromatic carbocycles. The first-order valence-corrected chi connectivity index (χ1v) is 9.33. The Labute approximate surface area is 166 Å². The second-order valence-electron chi connectivity index (χ2n) is 7.86. The Morgan fingerprint density at radius 2 is 1.68 bits per heavy atom. The molecule has 0 unspecified atom stereocenters. The molecule has 0 saturated heterocycles. The number of nitrogens with one attached hydrogen (secondary N) is 1. The topological polar surface area (TPSA) is 59.3 Å². The first-order chi connectivity index (χ1) is 13.3. The number of hydrogen-bond donors (Lipinski definition) is 1. The third kappa shape index (κ3) is 4.19. The molecule has 3 rings (SSSR count). The van der Waals surface area contributed by atoms with Crippen LogP contribution in [0.15, 0.2) is 59.7 Å². The van der Waals surface area contributed by atoms with Gasteiger partial charge in [0, 0.05) is 11.1 Å². The Balaban J connectivity index is 1.73. The summed E-state index contributed by atoms with van der Waals surface area (Å²) in [6.45, 7) is 10.4. The van der Waals surface area contributed by atoms with Gasteiger partial charge in [-0.3, -0.25) is 4.79 Å². The summed E-state index contributed by atoms with van der Waals surface area (Å²) in [7, 11) is 0. The molecule has 144 valence electrons. The van der Waals surface area contributed by atoms with E-state index in [2.05, 4.69) is 36.4 Å². The van der Waals surface area contributed by atoms with Crippen molar-refractivity contribution in [3.05, 3.63) is 82.7 Å². The van der Waals surface area contributed by atoms with E-state index in [1.165, 1.54) is 5.56 Å². The van der Waals surface area contributed by atoms with Gasteiger partial charge in [-0.05, 0) is 49.1 Å². The SMILES string of the molecule is Cc1nn(-c2ccccc2)c(C)c1/C=N\NC(=O)c1ccc(C(C)(C)C)cc1. The van der Waals surface area contributed by atoms with Crippen molar-refractivity contribution in [2.45, 2.75) is 40.0 Å². The molecule has 0 bridgehead atoms. The fourth-order valence-corrected chi connectivity index (χ4v) is 3.00. The molecule has 0 aliphatic rings. The highest BCUT2D eigenvalue weighted by atomic mass is 16.2. The normalized spacial score (nSPS) is 11.8. The van der Waals surface area contributed by atoms with Gasteiger partial charge >= 0.3 is 0 Å². The minimum Gasteiger partial charge on any atom is -0.267 e. The monoisotopic (exact) mass is 374 g/mol. The largest absolute Gasteiger partial charge is 0.271 e. The van der Waals surface area contributed by atoms with Crippen LogP contribution in [0.1, 0.15) is 53.6 Å². The molecule has 0 aliphatic carbocycles. The first kappa shape index (κ1) is 19.5. The van der Waals surface area contributed by atoms with Crippen LogP contribution in [0.3, 0.4) is 0 Å². The molecule has 5 heteroatoms. The van der Waals surface area contributed by atoms with E-state index >= 15 is 0 Å². The number of hydrazone groups is 1. The number of para-hydroxylation sites is 1. The first-order valence-electron chi connectivity index (χ1n) is 9.33. The van der Waals surface area contributed by atoms with Crippen LogP contribution in [0.25, 0.3) is 5.69 Å². The van der Waals surface area contributed by atoms with E-state index in [4.69, 9.17) is 0 Å². The minimum absolute atomic E-state index is 0.0567. The molecular formula is C23H26N4O. The number of carbonyl (C=O) groups is 1. The Hall–Kier alpha value is -3.21. The van der Waals surface area contributed by atoms with E-state index in [0.717, 1.165) is 22.6 Å². The molecule has 0 radical (unpaired) electrons. The molecule has 1 N–H and O–H groups in total. The highest BCUT2D eigenvalue weighted by molar-refractivity contribution is 5.95. The van der Waals surface area contributed by atoms with Crippen molar-refractivity contribution >= 4 is 12.1 Å². The van der Waals surface area contributed by atoms with E-state index in [1.54, 1.807) is 6.21 Å². The van der Waals surface area contributed by atoms with Crippen molar-refractivity contribution in [3.8, 4) is 5.69 Å². The number of aryl methyl sites for hydroxylation is 1. The fourth-order valence-electron chi connectivity index (χ4n) is 3.00. The van der Waals surface area contributed by atoms with Gasteiger partial charge in [0.05, 0.1) is 23.3 Å². The predicted octanol–water partition coefficient (Wildman–Crippen LogP) is 4.55. The van der Waals surface area contributed by atoms with E-state index < -0.39 is 0 Å². The maximum absolute atomic E-state index is 12.3. The Morgan fingerprint density at radius 3 is 2.29 bits per heavy atom. The summed E-state index contributed by atoms with van der Waals surface area (Å²) in [6, 6.07) is 17.6. The van der Waals surface area contributed by atoms with Gasteiger partial charge in [0.2, 0.25) is 0 Å². The van der Waals surface area contributed by atoms with Gasteiger partial charge in [0.25, 0.3) is 5.91 Å². The third-order valence-electron chi connectivity index (χ3n) is 4.72. The molecule has 3 aromatic rings. The quantitative estimate of drug-likeness (QED) is 0.538. The number of aromatic nitrogens is 2. The lowest BCUT2D eigenvalue weighted by atomic mass is 9.87. The van der Waals surface area contributed by atoms with Crippen LogP contribution in [0.5, 0.6) is 0 Å². The molecule has 0 spiro atoms. The smallest absolute Gasteiger partial charge is 0.267 e. The summed E-state index contributed by atoms with van der Waals surface area (Å²) < 4.78 is 1.88. The fraction of sp³-hybridized carbons (Fsp3) is 0.261. The summed E-state index contributed by atoms with van der Waals surface area (Å²) in [5.74, 6) is -0.234. The minimum atomic E-state index is -0.234. The van der Waals surface area contributed by atoms with E-state index in [1.807, 2.05) is 73.1 Å². The van der Waals surface area contributed by atoms with Crippen LogP contribution >= 0.6 is 0 Å². The highest BCUT2D eigenvalue weighted by Gasteiger charge is 2.14. The number of amides is 1. The summed E-state index contributed by atoms with van der Waals surface area (Å²) in [6.07, 6.45) is 1.65. The zero-order chi connectivity index (χ0) is 20.3. The lowest BCUT2D eigenvalue weighted by molar-refractivity contribution is 0.0955. The van der Waals surface area contributed by atoms with Crippen LogP contribution in [-0.2, 0) is 5.41 Å². The van der Waals surface area contributed by atoms with Crippen molar-refractivity contribution < 1.29 is 4.79 Å².